The van der Waals surface area contributed by atoms with Gasteiger partial charge in [-0.25, -0.2) is 4.68 Å². The average molecular weight is 278 g/mol. The van der Waals surface area contributed by atoms with Crippen molar-refractivity contribution in [2.75, 3.05) is 0 Å². The van der Waals surface area contributed by atoms with Crippen LogP contribution in [0.15, 0.2) is 36.5 Å². The van der Waals surface area contributed by atoms with Gasteiger partial charge in [0.1, 0.15) is 0 Å². The van der Waals surface area contributed by atoms with Crippen molar-refractivity contribution in [2.24, 2.45) is 11.1 Å². The minimum atomic E-state index is 0. The molecule has 4 heteroatoms. The maximum atomic E-state index is 6.26. The Kier molecular flexibility index (Phi) is 3.70. The van der Waals surface area contributed by atoms with Crippen LogP contribution in [-0.4, -0.2) is 9.78 Å². The fourth-order valence-corrected chi connectivity index (χ4v) is 2.90. The summed E-state index contributed by atoms with van der Waals surface area (Å²) in [6, 6.07) is 10.4. The Bertz CT molecular complexity index is 560. The zero-order valence-corrected chi connectivity index (χ0v) is 12.2. The average Bonchev–Trinajstić information content (AvgIpc) is 2.72. The van der Waals surface area contributed by atoms with Gasteiger partial charge in [-0.2, -0.15) is 5.10 Å². The van der Waals surface area contributed by atoms with E-state index < -0.39 is 0 Å². The van der Waals surface area contributed by atoms with Crippen LogP contribution in [-0.2, 0) is 6.42 Å². The molecule has 0 amide bonds. The highest BCUT2D eigenvalue weighted by Crippen LogP contribution is 2.39. The van der Waals surface area contributed by atoms with E-state index in [9.17, 15) is 0 Å². The summed E-state index contributed by atoms with van der Waals surface area (Å²) >= 11 is 0. The largest absolute Gasteiger partial charge is 0.324 e. The van der Waals surface area contributed by atoms with Gasteiger partial charge < -0.3 is 5.73 Å². The first-order valence-electron chi connectivity index (χ1n) is 6.45. The molecule has 3 rings (SSSR count). The second-order valence-electron chi connectivity index (χ2n) is 5.95. The lowest BCUT2D eigenvalue weighted by Gasteiger charge is -2.33. The number of hydrogen-bond acceptors (Lipinski definition) is 2. The summed E-state index contributed by atoms with van der Waals surface area (Å²) in [5, 5.41) is 4.52. The van der Waals surface area contributed by atoms with Crippen molar-refractivity contribution >= 4 is 12.4 Å². The summed E-state index contributed by atoms with van der Waals surface area (Å²) in [4.78, 5) is 0. The van der Waals surface area contributed by atoms with Crippen molar-refractivity contribution in [3.63, 3.8) is 0 Å². The van der Waals surface area contributed by atoms with Crippen molar-refractivity contribution < 1.29 is 0 Å². The second-order valence-corrected chi connectivity index (χ2v) is 5.95. The maximum Gasteiger partial charge on any atom is 0.0648 e. The van der Waals surface area contributed by atoms with Crippen LogP contribution in [0.2, 0.25) is 0 Å². The van der Waals surface area contributed by atoms with Gasteiger partial charge in [-0.1, -0.05) is 32.0 Å². The second kappa shape index (κ2) is 4.99. The Morgan fingerprint density at radius 2 is 1.95 bits per heavy atom. The number of para-hydroxylation sites is 1. The van der Waals surface area contributed by atoms with Crippen molar-refractivity contribution in [1.82, 2.24) is 9.78 Å². The zero-order valence-electron chi connectivity index (χ0n) is 11.3. The van der Waals surface area contributed by atoms with E-state index in [1.54, 1.807) is 0 Å². The Hall–Kier alpha value is -1.32. The predicted octanol–water partition coefficient (Wildman–Crippen LogP) is 3.27. The molecule has 0 saturated heterocycles. The third-order valence-corrected chi connectivity index (χ3v) is 3.72. The summed E-state index contributed by atoms with van der Waals surface area (Å²) < 4.78 is 2.04. The Labute approximate surface area is 120 Å². The summed E-state index contributed by atoms with van der Waals surface area (Å²) in [7, 11) is 0. The quantitative estimate of drug-likeness (QED) is 0.869. The van der Waals surface area contributed by atoms with Gasteiger partial charge in [-0.05, 0) is 30.4 Å². The van der Waals surface area contributed by atoms with Crippen LogP contribution in [0.3, 0.4) is 0 Å². The van der Waals surface area contributed by atoms with Crippen molar-refractivity contribution in [3.8, 4) is 5.69 Å². The molecule has 1 aromatic heterocycles. The molecule has 1 unspecified atom stereocenters. The minimum Gasteiger partial charge on any atom is -0.324 e. The summed E-state index contributed by atoms with van der Waals surface area (Å²) in [6.45, 7) is 4.55. The van der Waals surface area contributed by atoms with E-state index in [1.165, 1.54) is 11.3 Å². The van der Waals surface area contributed by atoms with E-state index in [-0.39, 0.29) is 23.9 Å². The van der Waals surface area contributed by atoms with E-state index in [2.05, 4.69) is 31.1 Å². The molecule has 1 aromatic carbocycles. The normalized spacial score (nSPS) is 20.5. The maximum absolute atomic E-state index is 6.26. The third-order valence-electron chi connectivity index (χ3n) is 3.72. The molecule has 0 bridgehead atoms. The summed E-state index contributed by atoms with van der Waals surface area (Å²) in [6.07, 6.45) is 3.99. The highest BCUT2D eigenvalue weighted by molar-refractivity contribution is 5.85. The highest BCUT2D eigenvalue weighted by atomic mass is 35.5. The molecule has 102 valence electrons. The number of rotatable bonds is 1. The molecule has 0 fully saturated rings. The lowest BCUT2D eigenvalue weighted by molar-refractivity contribution is 0.278. The van der Waals surface area contributed by atoms with Crippen LogP contribution in [0, 0.1) is 5.41 Å². The number of hydrogen-bond donors (Lipinski definition) is 1. The predicted molar refractivity (Wildman–Crippen MR) is 79.8 cm³/mol. The van der Waals surface area contributed by atoms with Crippen LogP contribution in [0.1, 0.15) is 37.6 Å². The molecule has 2 N–H and O–H groups in total. The standard InChI is InChI=1S/C15H19N3.ClH/c1-15(2)8-13(16)12-10-17-18(14(12)9-15)11-6-4-3-5-7-11;/h3-7,10,13H,8-9,16H2,1-2H3;1H. The van der Waals surface area contributed by atoms with Crippen molar-refractivity contribution in [1.29, 1.82) is 0 Å². The molecular weight excluding hydrogens is 258 g/mol. The first kappa shape index (κ1) is 14.1. The van der Waals surface area contributed by atoms with Crippen LogP contribution in [0.4, 0.5) is 0 Å². The fourth-order valence-electron chi connectivity index (χ4n) is 2.90. The molecule has 0 aliphatic heterocycles. The Morgan fingerprint density at radius 1 is 1.26 bits per heavy atom. The van der Waals surface area contributed by atoms with Gasteiger partial charge in [0.05, 0.1) is 11.9 Å². The minimum absolute atomic E-state index is 0. The van der Waals surface area contributed by atoms with E-state index in [0.717, 1.165) is 18.5 Å². The number of nitrogens with zero attached hydrogens (tertiary/aromatic N) is 2. The highest BCUT2D eigenvalue weighted by Gasteiger charge is 2.33. The molecule has 1 atom stereocenters. The fraction of sp³-hybridized carbons (Fsp3) is 0.400. The van der Waals surface area contributed by atoms with Crippen LogP contribution in [0.25, 0.3) is 5.69 Å². The van der Waals surface area contributed by atoms with E-state index >= 15 is 0 Å². The van der Waals surface area contributed by atoms with Gasteiger partial charge in [0, 0.05) is 17.3 Å². The third kappa shape index (κ3) is 2.53. The molecular formula is C15H20ClN3. The van der Waals surface area contributed by atoms with Gasteiger partial charge in [-0.3, -0.25) is 0 Å². The molecule has 3 nitrogen and oxygen atoms in total. The lowest BCUT2D eigenvalue weighted by atomic mass is 9.74. The molecule has 1 aliphatic carbocycles. The van der Waals surface area contributed by atoms with Gasteiger partial charge in [0.15, 0.2) is 0 Å². The zero-order chi connectivity index (χ0) is 12.8. The van der Waals surface area contributed by atoms with E-state index in [1.807, 2.05) is 29.1 Å². The first-order valence-corrected chi connectivity index (χ1v) is 6.45. The summed E-state index contributed by atoms with van der Waals surface area (Å²) in [5.74, 6) is 0. The smallest absolute Gasteiger partial charge is 0.0648 e. The van der Waals surface area contributed by atoms with Crippen molar-refractivity contribution in [2.45, 2.75) is 32.7 Å². The first-order chi connectivity index (χ1) is 8.57. The monoisotopic (exact) mass is 277 g/mol. The molecule has 2 aromatic rings. The van der Waals surface area contributed by atoms with Crippen LogP contribution >= 0.6 is 12.4 Å². The van der Waals surface area contributed by atoms with Gasteiger partial charge in [-0.15, -0.1) is 12.4 Å². The molecule has 1 heterocycles. The number of halogens is 1. The number of benzene rings is 1. The Balaban J connectivity index is 0.00000133. The van der Waals surface area contributed by atoms with Gasteiger partial charge in [0.25, 0.3) is 0 Å². The van der Waals surface area contributed by atoms with Crippen LogP contribution < -0.4 is 5.73 Å². The molecule has 19 heavy (non-hydrogen) atoms. The van der Waals surface area contributed by atoms with Gasteiger partial charge in [0.2, 0.25) is 0 Å². The van der Waals surface area contributed by atoms with Crippen LogP contribution in [0.5, 0.6) is 0 Å². The molecule has 1 aliphatic rings. The van der Waals surface area contributed by atoms with E-state index in [4.69, 9.17) is 5.73 Å². The number of fused-ring (bicyclic) bond motifs is 1. The van der Waals surface area contributed by atoms with Gasteiger partial charge >= 0.3 is 0 Å². The van der Waals surface area contributed by atoms with Crippen molar-refractivity contribution in [3.05, 3.63) is 47.8 Å². The molecule has 0 spiro atoms. The number of aromatic nitrogens is 2. The topological polar surface area (TPSA) is 43.8 Å². The van der Waals surface area contributed by atoms with E-state index in [0.29, 0.717) is 0 Å². The molecule has 0 radical (unpaired) electrons. The number of nitrogens with two attached hydrogens (primary N) is 1. The lowest BCUT2D eigenvalue weighted by Crippen LogP contribution is -2.30. The summed E-state index contributed by atoms with van der Waals surface area (Å²) in [5.41, 5.74) is 10.1. The SMILES string of the molecule is CC1(C)Cc2c(cnn2-c2ccccc2)C(N)C1.Cl. The molecule has 0 saturated carbocycles. The Morgan fingerprint density at radius 3 is 2.63 bits per heavy atom.